The second kappa shape index (κ2) is 10.5. The lowest BCUT2D eigenvalue weighted by Gasteiger charge is -2.16. The molecule has 0 N–H and O–H groups in total. The second-order valence-corrected chi connectivity index (χ2v) is 5.44. The van der Waals surface area contributed by atoms with Gasteiger partial charge in [-0.05, 0) is 18.3 Å². The minimum atomic E-state index is 0.950. The molecule has 0 spiro atoms. The highest BCUT2D eigenvalue weighted by Gasteiger charge is 2.07. The molecule has 0 saturated carbocycles. The number of unbranched alkanes of at least 4 members (excludes halogenated alkanes) is 4. The Bertz CT molecular complexity index is 117. The fraction of sp³-hybridized carbons (Fsp3) is 1.00. The van der Waals surface area contributed by atoms with E-state index in [0.717, 1.165) is 11.8 Å². The highest BCUT2D eigenvalue weighted by Crippen LogP contribution is 2.21. The number of rotatable bonds is 10. The van der Waals surface area contributed by atoms with Crippen LogP contribution in [0.5, 0.6) is 0 Å². The fourth-order valence-electron chi connectivity index (χ4n) is 2.39. The van der Waals surface area contributed by atoms with Gasteiger partial charge in [0, 0.05) is 0 Å². The summed E-state index contributed by atoms with van der Waals surface area (Å²) in [5.74, 6) is 1.90. The van der Waals surface area contributed by atoms with Crippen LogP contribution in [-0.2, 0) is 0 Å². The zero-order valence-electron chi connectivity index (χ0n) is 11.5. The molecule has 0 heteroatoms. The van der Waals surface area contributed by atoms with Crippen molar-refractivity contribution in [1.29, 1.82) is 0 Å². The summed E-state index contributed by atoms with van der Waals surface area (Å²) in [6.07, 6.45) is 12.8. The summed E-state index contributed by atoms with van der Waals surface area (Å²) in [6.45, 7) is 9.45. The summed E-state index contributed by atoms with van der Waals surface area (Å²) >= 11 is 0. The molecule has 0 aliphatic heterocycles. The smallest absolute Gasteiger partial charge is 0.0440 e. The van der Waals surface area contributed by atoms with Crippen molar-refractivity contribution in [3.8, 4) is 0 Å². The first-order valence-electron chi connectivity index (χ1n) is 7.20. The largest absolute Gasteiger partial charge is 0.0654 e. The molecule has 0 saturated heterocycles. The quantitative estimate of drug-likeness (QED) is 0.401. The fourth-order valence-corrected chi connectivity index (χ4v) is 2.39. The molecule has 0 nitrogen and oxygen atoms in total. The lowest BCUT2D eigenvalue weighted by Crippen LogP contribution is -2.03. The van der Waals surface area contributed by atoms with Crippen molar-refractivity contribution in [3.63, 3.8) is 0 Å². The highest BCUT2D eigenvalue weighted by molar-refractivity contribution is 4.60. The van der Waals surface area contributed by atoms with E-state index in [-0.39, 0.29) is 0 Å². The molecule has 2 unspecified atom stereocenters. The van der Waals surface area contributed by atoms with Gasteiger partial charge in [0.1, 0.15) is 0 Å². The van der Waals surface area contributed by atoms with Gasteiger partial charge in [-0.3, -0.25) is 0 Å². The zero-order chi connectivity index (χ0) is 11.5. The standard InChI is InChI=1S/C15H32/c1-5-7-9-10-12-15(4)13-14(3)11-8-6-2/h14-15H,5-13H2,1-4H3. The van der Waals surface area contributed by atoms with Crippen LogP contribution in [0.2, 0.25) is 0 Å². The molecule has 15 heavy (non-hydrogen) atoms. The maximum absolute atomic E-state index is 2.44. The lowest BCUT2D eigenvalue weighted by molar-refractivity contribution is 0.360. The van der Waals surface area contributed by atoms with Gasteiger partial charge < -0.3 is 0 Å². The van der Waals surface area contributed by atoms with Gasteiger partial charge in [-0.25, -0.2) is 0 Å². The maximum Gasteiger partial charge on any atom is -0.0440 e. The summed E-state index contributed by atoms with van der Waals surface area (Å²) in [6, 6.07) is 0. The molecule has 0 aliphatic rings. The van der Waals surface area contributed by atoms with Crippen LogP contribution in [-0.4, -0.2) is 0 Å². The molecule has 0 aromatic heterocycles. The van der Waals surface area contributed by atoms with Crippen LogP contribution in [0, 0.1) is 11.8 Å². The predicted molar refractivity (Wildman–Crippen MR) is 71.2 cm³/mol. The van der Waals surface area contributed by atoms with Crippen molar-refractivity contribution in [1.82, 2.24) is 0 Å². The van der Waals surface area contributed by atoms with Gasteiger partial charge in [-0.15, -0.1) is 0 Å². The first-order valence-corrected chi connectivity index (χ1v) is 7.20. The Morgan fingerprint density at radius 1 is 0.667 bits per heavy atom. The van der Waals surface area contributed by atoms with E-state index >= 15 is 0 Å². The van der Waals surface area contributed by atoms with E-state index in [1.54, 1.807) is 0 Å². The van der Waals surface area contributed by atoms with Crippen molar-refractivity contribution < 1.29 is 0 Å². The Morgan fingerprint density at radius 3 is 1.73 bits per heavy atom. The maximum atomic E-state index is 2.44. The van der Waals surface area contributed by atoms with Crippen LogP contribution >= 0.6 is 0 Å². The third-order valence-corrected chi connectivity index (χ3v) is 3.41. The zero-order valence-corrected chi connectivity index (χ0v) is 11.5. The van der Waals surface area contributed by atoms with Gasteiger partial charge >= 0.3 is 0 Å². The number of hydrogen-bond acceptors (Lipinski definition) is 0. The average Bonchev–Trinajstić information content (AvgIpc) is 2.21. The Morgan fingerprint density at radius 2 is 1.20 bits per heavy atom. The lowest BCUT2D eigenvalue weighted by atomic mass is 9.90. The van der Waals surface area contributed by atoms with Crippen molar-refractivity contribution in [3.05, 3.63) is 0 Å². The van der Waals surface area contributed by atoms with Crippen LogP contribution in [0.15, 0.2) is 0 Å². The minimum absolute atomic E-state index is 0.950. The van der Waals surface area contributed by atoms with Crippen LogP contribution in [0.4, 0.5) is 0 Å². The summed E-state index contributed by atoms with van der Waals surface area (Å²) in [5, 5.41) is 0. The molecule has 0 aromatic carbocycles. The molecule has 0 rings (SSSR count). The van der Waals surface area contributed by atoms with Crippen molar-refractivity contribution in [2.24, 2.45) is 11.8 Å². The molecule has 0 aromatic rings. The van der Waals surface area contributed by atoms with E-state index in [1.807, 2.05) is 0 Å². The number of hydrogen-bond donors (Lipinski definition) is 0. The Labute approximate surface area is 97.8 Å². The van der Waals surface area contributed by atoms with Gasteiger partial charge in [0.15, 0.2) is 0 Å². The Hall–Kier alpha value is 0. The minimum Gasteiger partial charge on any atom is -0.0654 e. The molecule has 0 aliphatic carbocycles. The van der Waals surface area contributed by atoms with Crippen molar-refractivity contribution >= 4 is 0 Å². The molecular formula is C15H32. The molecule has 2 atom stereocenters. The first-order chi connectivity index (χ1) is 7.20. The molecule has 0 bridgehead atoms. The van der Waals surface area contributed by atoms with Gasteiger partial charge in [0.25, 0.3) is 0 Å². The van der Waals surface area contributed by atoms with E-state index in [9.17, 15) is 0 Å². The molecule has 0 fully saturated rings. The molecule has 0 radical (unpaired) electrons. The average molecular weight is 212 g/mol. The first kappa shape index (κ1) is 15.0. The normalized spacial score (nSPS) is 15.2. The third-order valence-electron chi connectivity index (χ3n) is 3.41. The van der Waals surface area contributed by atoms with Gasteiger partial charge in [-0.2, -0.15) is 0 Å². The van der Waals surface area contributed by atoms with E-state index in [4.69, 9.17) is 0 Å². The molecule has 0 heterocycles. The van der Waals surface area contributed by atoms with Crippen LogP contribution in [0.3, 0.4) is 0 Å². The van der Waals surface area contributed by atoms with E-state index in [0.29, 0.717) is 0 Å². The topological polar surface area (TPSA) is 0 Å². The third kappa shape index (κ3) is 10.3. The summed E-state index contributed by atoms with van der Waals surface area (Å²) in [7, 11) is 0. The Kier molecular flexibility index (Phi) is 10.5. The van der Waals surface area contributed by atoms with Crippen molar-refractivity contribution in [2.75, 3.05) is 0 Å². The molecule has 0 amide bonds. The summed E-state index contributed by atoms with van der Waals surface area (Å²) in [5.41, 5.74) is 0. The molecule has 92 valence electrons. The van der Waals surface area contributed by atoms with Gasteiger partial charge in [-0.1, -0.05) is 79.1 Å². The van der Waals surface area contributed by atoms with Crippen LogP contribution in [0.25, 0.3) is 0 Å². The van der Waals surface area contributed by atoms with E-state index < -0.39 is 0 Å². The monoisotopic (exact) mass is 212 g/mol. The van der Waals surface area contributed by atoms with Gasteiger partial charge in [0.05, 0.1) is 0 Å². The van der Waals surface area contributed by atoms with Crippen molar-refractivity contribution in [2.45, 2.75) is 85.5 Å². The van der Waals surface area contributed by atoms with E-state index in [2.05, 4.69) is 27.7 Å². The second-order valence-electron chi connectivity index (χ2n) is 5.44. The Balaban J connectivity index is 3.33. The SMILES string of the molecule is CCCCCCC(C)CC(C)CCCC. The van der Waals surface area contributed by atoms with Gasteiger partial charge in [0.2, 0.25) is 0 Å². The summed E-state index contributed by atoms with van der Waals surface area (Å²) in [4.78, 5) is 0. The predicted octanol–water partition coefficient (Wildman–Crippen LogP) is 5.81. The summed E-state index contributed by atoms with van der Waals surface area (Å²) < 4.78 is 0. The van der Waals surface area contributed by atoms with E-state index in [1.165, 1.54) is 57.8 Å². The highest BCUT2D eigenvalue weighted by atomic mass is 14.1. The van der Waals surface area contributed by atoms with Crippen LogP contribution in [0.1, 0.15) is 85.5 Å². The van der Waals surface area contributed by atoms with Crippen LogP contribution < -0.4 is 0 Å². The molecular weight excluding hydrogens is 180 g/mol.